The molecule has 0 aliphatic rings. The number of hydrogen-bond acceptors (Lipinski definition) is 5. The monoisotopic (exact) mass is 351 g/mol. The van der Waals surface area contributed by atoms with Gasteiger partial charge < -0.3 is 0 Å². The normalized spacial score (nSPS) is 11.3. The van der Waals surface area contributed by atoms with Gasteiger partial charge in [0, 0.05) is 17.5 Å². The number of benzene rings is 1. The number of fused-ring (bicyclic) bond motifs is 2. The summed E-state index contributed by atoms with van der Waals surface area (Å²) in [6.45, 7) is 5.94. The molecule has 4 rings (SSSR count). The standard InChI is InChI=1S/C18H17N5OS/c1-4-14-20-11(3)15-10(2)16(25-18(15)21-14)17(24)22-23-9-19-12-7-5-6-8-13(12)23/h5-9H,4H2,1-3H3,(H,22,24). The van der Waals surface area contributed by atoms with E-state index in [9.17, 15) is 4.79 Å². The van der Waals surface area contributed by atoms with Crippen LogP contribution in [0, 0.1) is 13.8 Å². The first-order chi connectivity index (χ1) is 12.1. The third-order valence-electron chi connectivity index (χ3n) is 4.22. The number of aromatic nitrogens is 4. The molecular formula is C18H17N5OS. The molecule has 0 saturated heterocycles. The van der Waals surface area contributed by atoms with Crippen LogP contribution < -0.4 is 5.43 Å². The summed E-state index contributed by atoms with van der Waals surface area (Å²) in [6.07, 6.45) is 2.39. The summed E-state index contributed by atoms with van der Waals surface area (Å²) in [5.74, 6) is 0.639. The second kappa shape index (κ2) is 5.93. The molecule has 0 fully saturated rings. The maximum absolute atomic E-state index is 12.8. The van der Waals surface area contributed by atoms with Gasteiger partial charge in [0.05, 0.1) is 15.9 Å². The summed E-state index contributed by atoms with van der Waals surface area (Å²) in [5.41, 5.74) is 6.44. The molecule has 4 aromatic rings. The number of imidazole rings is 1. The van der Waals surface area contributed by atoms with Crippen molar-refractivity contribution in [3.8, 4) is 0 Å². The molecule has 25 heavy (non-hydrogen) atoms. The Bertz CT molecular complexity index is 1110. The molecule has 1 N–H and O–H groups in total. The highest BCUT2D eigenvalue weighted by Gasteiger charge is 2.19. The molecule has 7 heteroatoms. The van der Waals surface area contributed by atoms with E-state index in [1.165, 1.54) is 11.3 Å². The summed E-state index contributed by atoms with van der Waals surface area (Å²) < 4.78 is 1.65. The van der Waals surface area contributed by atoms with E-state index in [1.807, 2.05) is 45.0 Å². The van der Waals surface area contributed by atoms with Crippen molar-refractivity contribution in [1.29, 1.82) is 0 Å². The van der Waals surface area contributed by atoms with Gasteiger partial charge in [-0.2, -0.15) is 0 Å². The zero-order valence-corrected chi connectivity index (χ0v) is 15.0. The van der Waals surface area contributed by atoms with Crippen molar-refractivity contribution in [3.05, 3.63) is 52.6 Å². The minimum atomic E-state index is -0.166. The van der Waals surface area contributed by atoms with Crippen molar-refractivity contribution in [2.45, 2.75) is 27.2 Å². The SMILES string of the molecule is CCc1nc(C)c2c(C)c(C(=O)Nn3cnc4ccccc43)sc2n1. The van der Waals surface area contributed by atoms with Crippen molar-refractivity contribution >= 4 is 38.5 Å². The highest BCUT2D eigenvalue weighted by atomic mass is 32.1. The Morgan fingerprint density at radius 2 is 2.04 bits per heavy atom. The predicted molar refractivity (Wildman–Crippen MR) is 99.7 cm³/mol. The molecule has 126 valence electrons. The summed E-state index contributed by atoms with van der Waals surface area (Å²) in [5, 5.41) is 0.975. The summed E-state index contributed by atoms with van der Waals surface area (Å²) >= 11 is 1.41. The van der Waals surface area contributed by atoms with Gasteiger partial charge in [-0.25, -0.2) is 19.6 Å². The molecule has 6 nitrogen and oxygen atoms in total. The van der Waals surface area contributed by atoms with Crippen LogP contribution in [0.4, 0.5) is 0 Å². The van der Waals surface area contributed by atoms with E-state index in [2.05, 4.69) is 20.4 Å². The molecule has 0 radical (unpaired) electrons. The van der Waals surface area contributed by atoms with Crippen LogP contribution in [0.25, 0.3) is 21.3 Å². The van der Waals surface area contributed by atoms with E-state index in [0.717, 1.165) is 44.8 Å². The number of thiophene rings is 1. The Hall–Kier alpha value is -2.80. The molecule has 3 aromatic heterocycles. The lowest BCUT2D eigenvalue weighted by atomic mass is 10.1. The molecule has 0 aliphatic carbocycles. The third-order valence-corrected chi connectivity index (χ3v) is 5.40. The average Bonchev–Trinajstić information content (AvgIpc) is 3.16. The first kappa shape index (κ1) is 15.7. The van der Waals surface area contributed by atoms with Crippen molar-refractivity contribution < 1.29 is 4.79 Å². The maximum Gasteiger partial charge on any atom is 0.280 e. The van der Waals surface area contributed by atoms with E-state index in [-0.39, 0.29) is 5.91 Å². The topological polar surface area (TPSA) is 72.7 Å². The van der Waals surface area contributed by atoms with Gasteiger partial charge in [0.2, 0.25) is 0 Å². The van der Waals surface area contributed by atoms with Gasteiger partial charge in [0.15, 0.2) is 0 Å². The lowest BCUT2D eigenvalue weighted by Crippen LogP contribution is -2.21. The van der Waals surface area contributed by atoms with Crippen LogP contribution in [0.1, 0.15) is 33.7 Å². The van der Waals surface area contributed by atoms with E-state index >= 15 is 0 Å². The quantitative estimate of drug-likeness (QED) is 0.612. The van der Waals surface area contributed by atoms with Gasteiger partial charge in [-0.1, -0.05) is 19.1 Å². The average molecular weight is 351 g/mol. The van der Waals surface area contributed by atoms with Crippen LogP contribution in [0.3, 0.4) is 0 Å². The molecule has 3 heterocycles. The number of hydrogen-bond donors (Lipinski definition) is 1. The van der Waals surface area contributed by atoms with Crippen LogP contribution in [0.2, 0.25) is 0 Å². The van der Waals surface area contributed by atoms with Crippen molar-refractivity contribution in [1.82, 2.24) is 19.6 Å². The minimum Gasteiger partial charge on any atom is -0.266 e. The second-order valence-electron chi connectivity index (χ2n) is 5.86. The van der Waals surface area contributed by atoms with E-state index in [1.54, 1.807) is 11.0 Å². The molecule has 0 saturated carbocycles. The first-order valence-electron chi connectivity index (χ1n) is 8.08. The van der Waals surface area contributed by atoms with Gasteiger partial charge in [0.1, 0.15) is 17.0 Å². The Morgan fingerprint density at radius 3 is 2.84 bits per heavy atom. The first-order valence-corrected chi connectivity index (χ1v) is 8.90. The minimum absolute atomic E-state index is 0.166. The van der Waals surface area contributed by atoms with Crippen LogP contribution in [-0.2, 0) is 6.42 Å². The number of rotatable bonds is 3. The van der Waals surface area contributed by atoms with Crippen molar-refractivity contribution in [2.24, 2.45) is 0 Å². The Morgan fingerprint density at radius 1 is 1.24 bits per heavy atom. The fourth-order valence-corrected chi connectivity index (χ4v) is 4.12. The number of nitrogens with one attached hydrogen (secondary N) is 1. The van der Waals surface area contributed by atoms with E-state index < -0.39 is 0 Å². The molecule has 0 spiro atoms. The zero-order chi connectivity index (χ0) is 17.6. The van der Waals surface area contributed by atoms with Gasteiger partial charge in [-0.05, 0) is 31.5 Å². The number of nitrogens with zero attached hydrogens (tertiary/aromatic N) is 4. The summed E-state index contributed by atoms with van der Waals surface area (Å²) in [7, 11) is 0. The number of amides is 1. The second-order valence-corrected chi connectivity index (χ2v) is 6.86. The molecule has 0 unspecified atom stereocenters. The molecular weight excluding hydrogens is 334 g/mol. The number of para-hydroxylation sites is 2. The largest absolute Gasteiger partial charge is 0.280 e. The molecule has 1 amide bonds. The van der Waals surface area contributed by atoms with Crippen LogP contribution in [0.5, 0.6) is 0 Å². The Balaban J connectivity index is 1.75. The lowest BCUT2D eigenvalue weighted by molar-refractivity contribution is 0.101. The molecule has 1 aromatic carbocycles. The van der Waals surface area contributed by atoms with Gasteiger partial charge in [-0.3, -0.25) is 10.2 Å². The number of carbonyl (C=O) groups is 1. The van der Waals surface area contributed by atoms with Crippen LogP contribution in [-0.4, -0.2) is 25.5 Å². The number of carbonyl (C=O) groups excluding carboxylic acids is 1. The van der Waals surface area contributed by atoms with Crippen molar-refractivity contribution in [3.63, 3.8) is 0 Å². The molecule has 0 atom stereocenters. The fraction of sp³-hybridized carbons (Fsp3) is 0.222. The smallest absolute Gasteiger partial charge is 0.266 e. The van der Waals surface area contributed by atoms with E-state index in [4.69, 9.17) is 0 Å². The highest BCUT2D eigenvalue weighted by molar-refractivity contribution is 7.20. The van der Waals surface area contributed by atoms with Crippen LogP contribution >= 0.6 is 11.3 Å². The fourth-order valence-electron chi connectivity index (χ4n) is 2.98. The lowest BCUT2D eigenvalue weighted by Gasteiger charge is -2.06. The Labute approximate surface area is 148 Å². The highest BCUT2D eigenvalue weighted by Crippen LogP contribution is 2.31. The Kier molecular flexibility index (Phi) is 3.73. The predicted octanol–water partition coefficient (Wildman–Crippen LogP) is 3.60. The maximum atomic E-state index is 12.8. The van der Waals surface area contributed by atoms with Crippen LogP contribution in [0.15, 0.2) is 30.6 Å². The van der Waals surface area contributed by atoms with E-state index in [0.29, 0.717) is 4.88 Å². The summed E-state index contributed by atoms with van der Waals surface area (Å²) in [4.78, 5) is 27.7. The molecule has 0 aliphatic heterocycles. The van der Waals surface area contributed by atoms with Gasteiger partial charge in [-0.15, -0.1) is 11.3 Å². The van der Waals surface area contributed by atoms with Gasteiger partial charge in [0.25, 0.3) is 5.91 Å². The van der Waals surface area contributed by atoms with Gasteiger partial charge >= 0.3 is 0 Å². The molecule has 0 bridgehead atoms. The van der Waals surface area contributed by atoms with Crippen molar-refractivity contribution in [2.75, 3.05) is 5.43 Å². The third kappa shape index (κ3) is 2.56. The zero-order valence-electron chi connectivity index (χ0n) is 14.2. The number of aryl methyl sites for hydroxylation is 3. The summed E-state index contributed by atoms with van der Waals surface area (Å²) in [6, 6.07) is 7.67.